The number of carbonyl (C=O) groups is 1. The molecule has 0 bridgehead atoms. The van der Waals surface area contributed by atoms with Crippen LogP contribution in [0.3, 0.4) is 0 Å². The lowest BCUT2D eigenvalue weighted by molar-refractivity contribution is -0.195. The third-order valence-corrected chi connectivity index (χ3v) is 17.8. The molecule has 47 heavy (non-hydrogen) atoms. The van der Waals surface area contributed by atoms with Crippen molar-refractivity contribution in [2.45, 2.75) is 128 Å². The Kier molecular flexibility index (Phi) is 8.77. The van der Waals surface area contributed by atoms with Gasteiger partial charge < -0.3 is 15.3 Å². The van der Waals surface area contributed by atoms with Crippen LogP contribution in [0.4, 0.5) is 0 Å². The molecule has 5 aliphatic carbocycles. The van der Waals surface area contributed by atoms with Crippen LogP contribution in [0.25, 0.3) is 0 Å². The van der Waals surface area contributed by atoms with Crippen molar-refractivity contribution >= 4 is 15.8 Å². The van der Waals surface area contributed by atoms with Gasteiger partial charge >= 0.3 is 5.97 Å². The highest BCUT2D eigenvalue weighted by Gasteiger charge is 2.66. The van der Waals surface area contributed by atoms with Gasteiger partial charge in [-0.3, -0.25) is 0 Å². The van der Waals surface area contributed by atoms with Gasteiger partial charge in [-0.25, -0.2) is 13.2 Å². The Morgan fingerprint density at radius 1 is 0.830 bits per heavy atom. The van der Waals surface area contributed by atoms with E-state index in [1.54, 1.807) is 0 Å². The largest absolute Gasteiger partial charge is 0.478 e. The minimum absolute atomic E-state index is 0.146. The van der Waals surface area contributed by atoms with Gasteiger partial charge in [-0.15, -0.1) is 0 Å². The summed E-state index contributed by atoms with van der Waals surface area (Å²) in [7, 11) is -2.92. The molecular formula is C40H62N2O4S. The summed E-state index contributed by atoms with van der Waals surface area (Å²) >= 11 is 0. The van der Waals surface area contributed by atoms with Crippen molar-refractivity contribution in [3.05, 3.63) is 35.4 Å². The Bertz CT molecular complexity index is 1430. The molecule has 7 heteroatoms. The number of nitrogens with one attached hydrogen (secondary N) is 1. The molecule has 3 unspecified atom stereocenters. The van der Waals surface area contributed by atoms with Crippen molar-refractivity contribution in [1.29, 1.82) is 0 Å². The molecule has 0 spiro atoms. The van der Waals surface area contributed by atoms with Gasteiger partial charge in [0, 0.05) is 24.9 Å². The second-order valence-corrected chi connectivity index (χ2v) is 20.7. The molecule has 0 amide bonds. The molecule has 9 atom stereocenters. The first-order valence-electron chi connectivity index (χ1n) is 19.2. The highest BCUT2D eigenvalue weighted by molar-refractivity contribution is 7.91. The maximum absolute atomic E-state index is 12.0. The topological polar surface area (TPSA) is 86.7 Å². The standard InChI is InChI=1S/C40H62N2O4S/c1-37(2)31(27-8-10-28(11-9-27)36(43)44)14-20-39(4)34(37)16-21-38(3)32-15-22-40(19-6-7-33(40)30(32)12-13-35(38)39)41-23-26-42-24-17-29(18-25-42)47(5,45)46/h8-11,29-35,41H,6-7,12-26H2,1-5H3,(H,43,44)/t30-,31-,32?,33+,34?,35?,38-,39-,40-/m0/s1. The van der Waals surface area contributed by atoms with E-state index in [1.165, 1.54) is 82.4 Å². The Morgan fingerprint density at radius 2 is 1.53 bits per heavy atom. The van der Waals surface area contributed by atoms with E-state index in [2.05, 4.69) is 50.0 Å². The molecule has 0 radical (unpaired) electrons. The van der Waals surface area contributed by atoms with E-state index in [4.69, 9.17) is 0 Å². The number of carboxylic acids is 1. The zero-order valence-corrected chi connectivity index (χ0v) is 30.7. The van der Waals surface area contributed by atoms with Crippen molar-refractivity contribution in [3.8, 4) is 0 Å². The quantitative estimate of drug-likeness (QED) is 0.309. The molecule has 7 rings (SSSR count). The number of fused-ring (bicyclic) bond motifs is 7. The lowest BCUT2D eigenvalue weighted by atomic mass is 9.35. The SMILES string of the molecule is CC1(C)C2CC[C@@]3(C)C4CC[C@@]5(NCCN6CCC(S(C)(=O)=O)CC6)CCC[C@@H]5[C@H]4CCC3[C@@]2(C)CC[C@H]1c1ccc(C(=O)O)cc1. The van der Waals surface area contributed by atoms with Crippen LogP contribution in [0, 0.1) is 45.8 Å². The predicted molar refractivity (Wildman–Crippen MR) is 189 cm³/mol. The molecule has 0 aromatic heterocycles. The number of piperidine rings is 1. The summed E-state index contributed by atoms with van der Waals surface area (Å²) in [4.78, 5) is 14.0. The van der Waals surface area contributed by atoms with E-state index in [0.717, 1.165) is 62.7 Å². The molecule has 2 N–H and O–H groups in total. The second-order valence-electron chi connectivity index (χ2n) is 18.3. The minimum atomic E-state index is -2.92. The smallest absolute Gasteiger partial charge is 0.335 e. The number of hydrogen-bond donors (Lipinski definition) is 2. The molecule has 262 valence electrons. The van der Waals surface area contributed by atoms with Crippen molar-refractivity contribution in [2.75, 3.05) is 32.4 Å². The first-order chi connectivity index (χ1) is 22.2. The number of nitrogens with zero attached hydrogens (tertiary/aromatic N) is 1. The van der Waals surface area contributed by atoms with E-state index in [-0.39, 0.29) is 10.7 Å². The van der Waals surface area contributed by atoms with E-state index < -0.39 is 15.8 Å². The van der Waals surface area contributed by atoms with Crippen molar-refractivity contribution in [2.24, 2.45) is 45.8 Å². The molecule has 1 saturated heterocycles. The maximum atomic E-state index is 12.0. The van der Waals surface area contributed by atoms with Crippen LogP contribution in [-0.4, -0.2) is 67.6 Å². The van der Waals surface area contributed by atoms with Crippen molar-refractivity contribution in [1.82, 2.24) is 10.2 Å². The number of likely N-dealkylation sites (tertiary alicyclic amines) is 1. The third kappa shape index (κ3) is 5.65. The molecule has 6 aliphatic rings. The van der Waals surface area contributed by atoms with Gasteiger partial charge in [-0.1, -0.05) is 46.2 Å². The minimum Gasteiger partial charge on any atom is -0.478 e. The molecule has 1 aliphatic heterocycles. The second kappa shape index (κ2) is 12.1. The van der Waals surface area contributed by atoms with E-state index in [9.17, 15) is 18.3 Å². The molecule has 6 fully saturated rings. The molecule has 1 heterocycles. The monoisotopic (exact) mass is 666 g/mol. The number of rotatable bonds is 7. The van der Waals surface area contributed by atoms with Gasteiger partial charge in [-0.05, 0) is 160 Å². The fraction of sp³-hybridized carbons (Fsp3) is 0.825. The Morgan fingerprint density at radius 3 is 2.21 bits per heavy atom. The summed E-state index contributed by atoms with van der Waals surface area (Å²) in [5, 5.41) is 13.5. The van der Waals surface area contributed by atoms with E-state index >= 15 is 0 Å². The summed E-state index contributed by atoms with van der Waals surface area (Å²) in [5.41, 5.74) is 3.01. The highest BCUT2D eigenvalue weighted by Crippen LogP contribution is 2.73. The molecule has 6 nitrogen and oxygen atoms in total. The van der Waals surface area contributed by atoms with Gasteiger partial charge in [0.25, 0.3) is 0 Å². The summed E-state index contributed by atoms with van der Waals surface area (Å²) in [6, 6.07) is 7.82. The van der Waals surface area contributed by atoms with Gasteiger partial charge in [0.15, 0.2) is 0 Å². The van der Waals surface area contributed by atoms with Crippen LogP contribution in [0.15, 0.2) is 24.3 Å². The zero-order chi connectivity index (χ0) is 33.4. The molecule has 1 aromatic rings. The first-order valence-corrected chi connectivity index (χ1v) is 21.1. The van der Waals surface area contributed by atoms with Crippen LogP contribution < -0.4 is 5.32 Å². The number of benzene rings is 1. The molecule has 1 aromatic carbocycles. The van der Waals surface area contributed by atoms with Crippen LogP contribution in [0.2, 0.25) is 0 Å². The average Bonchev–Trinajstić information content (AvgIpc) is 3.45. The van der Waals surface area contributed by atoms with Crippen LogP contribution >= 0.6 is 0 Å². The average molecular weight is 667 g/mol. The van der Waals surface area contributed by atoms with Crippen LogP contribution in [0.1, 0.15) is 133 Å². The summed E-state index contributed by atoms with van der Waals surface area (Å²) < 4.78 is 24.1. The van der Waals surface area contributed by atoms with E-state index in [0.29, 0.717) is 33.8 Å². The first kappa shape index (κ1) is 34.0. The lowest BCUT2D eigenvalue weighted by Gasteiger charge is -2.69. The van der Waals surface area contributed by atoms with Crippen molar-refractivity contribution < 1.29 is 18.3 Å². The zero-order valence-electron chi connectivity index (χ0n) is 29.9. The molecular weight excluding hydrogens is 605 g/mol. The summed E-state index contributed by atoms with van der Waals surface area (Å²) in [6.45, 7) is 14.4. The normalized spacial score (nSPS) is 42.1. The summed E-state index contributed by atoms with van der Waals surface area (Å²) in [6.07, 6.45) is 17.8. The highest BCUT2D eigenvalue weighted by atomic mass is 32.2. The third-order valence-electron chi connectivity index (χ3n) is 16.2. The predicted octanol–water partition coefficient (Wildman–Crippen LogP) is 7.78. The summed E-state index contributed by atoms with van der Waals surface area (Å²) in [5.74, 6) is 3.63. The van der Waals surface area contributed by atoms with Gasteiger partial charge in [0.1, 0.15) is 9.84 Å². The van der Waals surface area contributed by atoms with Gasteiger partial charge in [0.2, 0.25) is 0 Å². The number of aromatic carboxylic acids is 1. The van der Waals surface area contributed by atoms with Gasteiger partial charge in [0.05, 0.1) is 10.8 Å². The Hall–Kier alpha value is -1.44. The van der Waals surface area contributed by atoms with Gasteiger partial charge in [-0.2, -0.15) is 0 Å². The van der Waals surface area contributed by atoms with Crippen LogP contribution in [0.5, 0.6) is 0 Å². The number of hydrogen-bond acceptors (Lipinski definition) is 5. The fourth-order valence-electron chi connectivity index (χ4n) is 14.0. The van der Waals surface area contributed by atoms with E-state index in [1.807, 2.05) is 12.1 Å². The Labute approximate surface area is 285 Å². The van der Waals surface area contributed by atoms with Crippen LogP contribution in [-0.2, 0) is 9.84 Å². The number of sulfone groups is 1. The number of carboxylic acid groups (broad SMARTS) is 1. The Balaban J connectivity index is 1.03. The fourth-order valence-corrected chi connectivity index (χ4v) is 15.1. The molecule has 5 saturated carbocycles. The maximum Gasteiger partial charge on any atom is 0.335 e. The van der Waals surface area contributed by atoms with Crippen molar-refractivity contribution in [3.63, 3.8) is 0 Å². The lowest BCUT2D eigenvalue weighted by Crippen LogP contribution is -2.64.